The van der Waals surface area contributed by atoms with Gasteiger partial charge < -0.3 is 19.5 Å². The summed E-state index contributed by atoms with van der Waals surface area (Å²) in [6.45, 7) is 2.79. The Labute approximate surface area is 179 Å². The molecule has 0 bridgehead atoms. The van der Waals surface area contributed by atoms with Gasteiger partial charge in [0.25, 0.3) is 11.8 Å². The molecule has 1 aromatic heterocycles. The molecule has 0 unspecified atom stereocenters. The molecule has 1 heterocycles. The summed E-state index contributed by atoms with van der Waals surface area (Å²) in [5.41, 5.74) is 1.54. The first-order valence-electron chi connectivity index (χ1n) is 9.91. The molecular formula is C23H24FN3O4. The Hall–Kier alpha value is -3.68. The topological polar surface area (TPSA) is 84.7 Å². The van der Waals surface area contributed by atoms with Gasteiger partial charge in [0.1, 0.15) is 11.6 Å². The fourth-order valence-electron chi connectivity index (χ4n) is 3.02. The van der Waals surface area contributed by atoms with Crippen molar-refractivity contribution < 1.29 is 23.2 Å². The highest BCUT2D eigenvalue weighted by molar-refractivity contribution is 5.94. The van der Waals surface area contributed by atoms with Crippen LogP contribution in [-0.2, 0) is 13.0 Å². The van der Waals surface area contributed by atoms with Crippen LogP contribution in [0.5, 0.6) is 5.75 Å². The number of hydrogen-bond acceptors (Lipinski definition) is 5. The number of nitrogens with zero attached hydrogens (tertiary/aromatic N) is 2. The van der Waals surface area contributed by atoms with Crippen LogP contribution in [0.15, 0.2) is 59.1 Å². The minimum absolute atomic E-state index is 0.124. The number of benzene rings is 2. The lowest BCUT2D eigenvalue weighted by molar-refractivity contribution is 0.0729. The number of aromatic nitrogens is 1. The Morgan fingerprint density at radius 3 is 2.48 bits per heavy atom. The zero-order valence-corrected chi connectivity index (χ0v) is 17.4. The molecule has 0 aliphatic carbocycles. The lowest BCUT2D eigenvalue weighted by Crippen LogP contribution is -2.32. The van der Waals surface area contributed by atoms with E-state index in [0.717, 1.165) is 11.3 Å². The number of carbonyl (C=O) groups is 2. The van der Waals surface area contributed by atoms with Gasteiger partial charge in [0.05, 0.1) is 13.7 Å². The van der Waals surface area contributed by atoms with Crippen LogP contribution in [0, 0.1) is 5.82 Å². The van der Waals surface area contributed by atoms with Gasteiger partial charge in [-0.05, 0) is 55.3 Å². The first kappa shape index (κ1) is 22.0. The molecule has 0 atom stereocenters. The van der Waals surface area contributed by atoms with Crippen molar-refractivity contribution >= 4 is 11.8 Å². The van der Waals surface area contributed by atoms with Crippen LogP contribution in [0.1, 0.15) is 39.1 Å². The summed E-state index contributed by atoms with van der Waals surface area (Å²) in [5, 5.41) is 6.43. The molecule has 0 fully saturated rings. The average molecular weight is 425 g/mol. The molecule has 8 heteroatoms. The van der Waals surface area contributed by atoms with Crippen LogP contribution in [0.2, 0.25) is 0 Å². The van der Waals surface area contributed by atoms with Crippen LogP contribution in [0.4, 0.5) is 4.39 Å². The van der Waals surface area contributed by atoms with Gasteiger partial charge in [-0.3, -0.25) is 9.59 Å². The van der Waals surface area contributed by atoms with Gasteiger partial charge in [-0.15, -0.1) is 0 Å². The molecule has 3 rings (SSSR count). The number of ether oxygens (including phenoxy) is 1. The number of methoxy groups -OCH3 is 1. The molecule has 31 heavy (non-hydrogen) atoms. The van der Waals surface area contributed by atoms with Gasteiger partial charge in [0, 0.05) is 24.7 Å². The average Bonchev–Trinajstić information content (AvgIpc) is 3.26. The van der Waals surface area contributed by atoms with E-state index in [9.17, 15) is 14.0 Å². The number of nitrogens with one attached hydrogen (secondary N) is 1. The monoisotopic (exact) mass is 425 g/mol. The van der Waals surface area contributed by atoms with Crippen LogP contribution in [-0.4, -0.2) is 42.1 Å². The number of hydrogen-bond donors (Lipinski definition) is 1. The van der Waals surface area contributed by atoms with Gasteiger partial charge >= 0.3 is 0 Å². The van der Waals surface area contributed by atoms with Crippen molar-refractivity contribution in [2.45, 2.75) is 19.9 Å². The molecule has 2 aromatic carbocycles. The summed E-state index contributed by atoms with van der Waals surface area (Å²) < 4.78 is 23.7. The van der Waals surface area contributed by atoms with E-state index in [2.05, 4.69) is 10.5 Å². The van der Waals surface area contributed by atoms with Crippen molar-refractivity contribution in [1.82, 2.24) is 15.4 Å². The zero-order valence-electron chi connectivity index (χ0n) is 17.4. The number of amides is 2. The Balaban J connectivity index is 1.76. The van der Waals surface area contributed by atoms with Crippen molar-refractivity contribution in [2.75, 3.05) is 20.2 Å². The third kappa shape index (κ3) is 5.91. The fraction of sp³-hybridized carbons (Fsp3) is 0.261. The summed E-state index contributed by atoms with van der Waals surface area (Å²) in [7, 11) is 1.60. The number of carbonyl (C=O) groups excluding carboxylic acids is 2. The van der Waals surface area contributed by atoms with Crippen molar-refractivity contribution in [1.29, 1.82) is 0 Å². The predicted molar refractivity (Wildman–Crippen MR) is 112 cm³/mol. The van der Waals surface area contributed by atoms with E-state index in [4.69, 9.17) is 9.26 Å². The second-order valence-corrected chi connectivity index (χ2v) is 6.87. The van der Waals surface area contributed by atoms with E-state index in [-0.39, 0.29) is 24.1 Å². The third-order valence-electron chi connectivity index (χ3n) is 4.68. The minimum atomic E-state index is -0.414. The van der Waals surface area contributed by atoms with Crippen molar-refractivity contribution in [3.63, 3.8) is 0 Å². The Morgan fingerprint density at radius 1 is 1.13 bits per heavy atom. The molecule has 7 nitrogen and oxygen atoms in total. The maximum atomic E-state index is 13.3. The second kappa shape index (κ2) is 10.4. The maximum Gasteiger partial charge on any atom is 0.273 e. The maximum absolute atomic E-state index is 13.3. The molecule has 0 spiro atoms. The van der Waals surface area contributed by atoms with Crippen LogP contribution >= 0.6 is 0 Å². The molecule has 162 valence electrons. The fourth-order valence-corrected chi connectivity index (χ4v) is 3.02. The van der Waals surface area contributed by atoms with Gasteiger partial charge in [-0.1, -0.05) is 17.3 Å². The van der Waals surface area contributed by atoms with E-state index >= 15 is 0 Å². The zero-order chi connectivity index (χ0) is 22.2. The van der Waals surface area contributed by atoms with Crippen molar-refractivity contribution in [3.8, 4) is 5.75 Å². The smallest absolute Gasteiger partial charge is 0.273 e. The van der Waals surface area contributed by atoms with Crippen molar-refractivity contribution in [2.24, 2.45) is 0 Å². The Kier molecular flexibility index (Phi) is 7.37. The second-order valence-electron chi connectivity index (χ2n) is 6.87. The molecule has 0 radical (unpaired) electrons. The van der Waals surface area contributed by atoms with Gasteiger partial charge in [0.15, 0.2) is 11.5 Å². The molecule has 0 aliphatic rings. The highest BCUT2D eigenvalue weighted by atomic mass is 19.1. The molecule has 0 saturated carbocycles. The first-order valence-corrected chi connectivity index (χ1v) is 9.91. The van der Waals surface area contributed by atoms with E-state index in [1.165, 1.54) is 30.3 Å². The van der Waals surface area contributed by atoms with E-state index in [1.54, 1.807) is 18.9 Å². The molecule has 3 aromatic rings. The third-order valence-corrected chi connectivity index (χ3v) is 4.68. The normalized spacial score (nSPS) is 10.5. The van der Waals surface area contributed by atoms with Crippen molar-refractivity contribution in [3.05, 3.63) is 83.0 Å². The summed E-state index contributed by atoms with van der Waals surface area (Å²) in [6, 6.07) is 14.5. The van der Waals surface area contributed by atoms with E-state index in [1.807, 2.05) is 24.3 Å². The first-order chi connectivity index (χ1) is 15.0. The lowest BCUT2D eigenvalue weighted by atomic mass is 10.1. The number of rotatable bonds is 9. The Bertz CT molecular complexity index is 1020. The molecule has 2 amide bonds. The SMILES string of the molecule is CCNC(=O)c1cc(CN(CCc2ccc(OC)cc2)C(=O)c2ccc(F)cc2)on1. The molecule has 0 saturated heterocycles. The Morgan fingerprint density at radius 2 is 1.84 bits per heavy atom. The highest BCUT2D eigenvalue weighted by Gasteiger charge is 2.20. The van der Waals surface area contributed by atoms with Gasteiger partial charge in [0.2, 0.25) is 0 Å². The summed E-state index contributed by atoms with van der Waals surface area (Å²) in [5.74, 6) is 0.105. The van der Waals surface area contributed by atoms with Gasteiger partial charge in [-0.25, -0.2) is 4.39 Å². The van der Waals surface area contributed by atoms with E-state index < -0.39 is 5.82 Å². The highest BCUT2D eigenvalue weighted by Crippen LogP contribution is 2.16. The van der Waals surface area contributed by atoms with Crippen LogP contribution in [0.3, 0.4) is 0 Å². The summed E-state index contributed by atoms with van der Waals surface area (Å²) >= 11 is 0. The van der Waals surface area contributed by atoms with Crippen LogP contribution in [0.25, 0.3) is 0 Å². The molecular weight excluding hydrogens is 401 g/mol. The number of halogens is 1. The molecule has 0 aliphatic heterocycles. The van der Waals surface area contributed by atoms with E-state index in [0.29, 0.717) is 30.8 Å². The quantitative estimate of drug-likeness (QED) is 0.568. The van der Waals surface area contributed by atoms with Crippen LogP contribution < -0.4 is 10.1 Å². The minimum Gasteiger partial charge on any atom is -0.497 e. The lowest BCUT2D eigenvalue weighted by Gasteiger charge is -2.21. The summed E-state index contributed by atoms with van der Waals surface area (Å²) in [4.78, 5) is 26.6. The largest absolute Gasteiger partial charge is 0.497 e. The summed E-state index contributed by atoms with van der Waals surface area (Å²) in [6.07, 6.45) is 0.592. The predicted octanol–water partition coefficient (Wildman–Crippen LogP) is 3.46. The molecule has 1 N–H and O–H groups in total. The van der Waals surface area contributed by atoms with Gasteiger partial charge in [-0.2, -0.15) is 0 Å². The standard InChI is InChI=1S/C23H24FN3O4/c1-3-25-22(28)21-14-20(31-26-21)15-27(23(29)17-6-8-18(24)9-7-17)13-12-16-4-10-19(30-2)11-5-16/h4-11,14H,3,12-13,15H2,1-2H3,(H,25,28).